The number of anilines is 3. The lowest BCUT2D eigenvalue weighted by atomic mass is 10.1. The largest absolute Gasteiger partial charge is 0.458 e. The highest BCUT2D eigenvalue weighted by Gasteiger charge is 2.19. The third-order valence-corrected chi connectivity index (χ3v) is 7.38. The number of urea groups is 1. The minimum atomic E-state index is -0.695. The van der Waals surface area contributed by atoms with Crippen molar-refractivity contribution in [2.24, 2.45) is 0 Å². The summed E-state index contributed by atoms with van der Waals surface area (Å²) in [5, 5.41) is 16.5. The van der Waals surface area contributed by atoms with Crippen molar-refractivity contribution >= 4 is 39.9 Å². The zero-order valence-electron chi connectivity index (χ0n) is 24.5. The zero-order chi connectivity index (χ0) is 30.6. The highest BCUT2D eigenvalue weighted by molar-refractivity contribution is 6.00. The van der Waals surface area contributed by atoms with Gasteiger partial charge in [-0.05, 0) is 80.1 Å². The van der Waals surface area contributed by atoms with E-state index in [2.05, 4.69) is 15.5 Å². The minimum absolute atomic E-state index is 0.0870. The van der Waals surface area contributed by atoms with Crippen molar-refractivity contribution in [1.29, 1.82) is 0 Å². The van der Waals surface area contributed by atoms with E-state index in [4.69, 9.17) is 19.1 Å². The number of fused-ring (bicyclic) bond motifs is 1. The van der Waals surface area contributed by atoms with Gasteiger partial charge in [0, 0.05) is 47.4 Å². The molecule has 0 radical (unpaired) electrons. The van der Waals surface area contributed by atoms with E-state index < -0.39 is 6.10 Å². The van der Waals surface area contributed by atoms with Crippen molar-refractivity contribution in [2.45, 2.75) is 26.4 Å². The molecule has 1 unspecified atom stereocenters. The van der Waals surface area contributed by atoms with Crippen LogP contribution in [0.15, 0.2) is 83.3 Å². The molecule has 2 aromatic heterocycles. The number of ether oxygens (including phenoxy) is 1. The monoisotopic (exact) mass is 591 g/mol. The second-order valence-corrected chi connectivity index (χ2v) is 10.8. The van der Waals surface area contributed by atoms with E-state index in [9.17, 15) is 14.7 Å². The normalized spacial score (nSPS) is 13.9. The smallest absolute Gasteiger partial charge is 0.323 e. The summed E-state index contributed by atoms with van der Waals surface area (Å²) in [7, 11) is 0. The number of carbonyl (C=O) groups is 2. The number of hydrogen-bond donors (Lipinski definition) is 3. The summed E-state index contributed by atoms with van der Waals surface area (Å²) < 4.78 is 11.4. The predicted octanol–water partition coefficient (Wildman–Crippen LogP) is 6.22. The van der Waals surface area contributed by atoms with Gasteiger partial charge in [-0.3, -0.25) is 4.79 Å². The zero-order valence-corrected chi connectivity index (χ0v) is 24.5. The van der Waals surface area contributed by atoms with Gasteiger partial charge in [-0.15, -0.1) is 0 Å². The number of hydrogen-bond acceptors (Lipinski definition) is 8. The van der Waals surface area contributed by atoms with Gasteiger partial charge in [0.05, 0.1) is 18.7 Å². The van der Waals surface area contributed by atoms with Gasteiger partial charge < -0.3 is 29.8 Å². The van der Waals surface area contributed by atoms with Gasteiger partial charge in [0.25, 0.3) is 0 Å². The molecule has 5 aromatic rings. The molecule has 3 heterocycles. The quantitative estimate of drug-likeness (QED) is 0.194. The van der Waals surface area contributed by atoms with Crippen LogP contribution in [0.4, 0.5) is 22.0 Å². The Kier molecular flexibility index (Phi) is 8.36. The summed E-state index contributed by atoms with van der Waals surface area (Å²) in [4.78, 5) is 36.0. The lowest BCUT2D eigenvalue weighted by molar-refractivity contribution is -0.116. The number of benzene rings is 3. The van der Waals surface area contributed by atoms with Crippen LogP contribution in [0.2, 0.25) is 0 Å². The molecule has 6 rings (SSSR count). The Morgan fingerprint density at radius 3 is 2.18 bits per heavy atom. The molecule has 0 aliphatic carbocycles. The standard InChI is InChI=1S/C34H33N5O5/c1-21(40)19-23-3-8-26(9-4-23)35-34(42)36-27-10-5-24(6-11-27)32-37-29-20-25(31-14-13-30(44-31)22(2)41)7-12-28(29)33(38-32)39-15-17-43-18-16-39/h3-14,20,22,41H,15-19H2,1-2H3,(H2,35,36,42). The Morgan fingerprint density at radius 1 is 0.886 bits per heavy atom. The van der Waals surface area contributed by atoms with Crippen LogP contribution in [0.3, 0.4) is 0 Å². The molecule has 0 spiro atoms. The topological polar surface area (TPSA) is 130 Å². The van der Waals surface area contributed by atoms with Gasteiger partial charge >= 0.3 is 6.03 Å². The van der Waals surface area contributed by atoms with Crippen LogP contribution in [-0.2, 0) is 16.0 Å². The Bertz CT molecular complexity index is 1790. The van der Waals surface area contributed by atoms with Gasteiger partial charge in [0.2, 0.25) is 0 Å². The average Bonchev–Trinajstić information content (AvgIpc) is 3.53. The van der Waals surface area contributed by atoms with Crippen LogP contribution < -0.4 is 15.5 Å². The van der Waals surface area contributed by atoms with Crippen LogP contribution in [0, 0.1) is 0 Å². The summed E-state index contributed by atoms with van der Waals surface area (Å²) >= 11 is 0. The van der Waals surface area contributed by atoms with E-state index in [-0.39, 0.29) is 11.8 Å². The SMILES string of the molecule is CC(=O)Cc1ccc(NC(=O)Nc2ccc(-c3nc(N4CCOCC4)c4ccc(-c5ccc(C(C)O)o5)cc4n3)cc2)cc1. The Morgan fingerprint density at radius 2 is 1.55 bits per heavy atom. The molecular formula is C34H33N5O5. The molecule has 224 valence electrons. The number of aromatic nitrogens is 2. The number of amides is 2. The first-order chi connectivity index (χ1) is 21.3. The minimum Gasteiger partial charge on any atom is -0.458 e. The Hall–Kier alpha value is -5.06. The molecule has 3 aromatic carbocycles. The van der Waals surface area contributed by atoms with Crippen molar-refractivity contribution < 1.29 is 23.8 Å². The van der Waals surface area contributed by atoms with Gasteiger partial charge in [0.15, 0.2) is 5.82 Å². The molecule has 1 atom stereocenters. The van der Waals surface area contributed by atoms with Crippen LogP contribution in [0.1, 0.15) is 31.3 Å². The number of ketones is 1. The highest BCUT2D eigenvalue weighted by atomic mass is 16.5. The number of aliphatic hydroxyl groups excluding tert-OH is 1. The number of furan rings is 1. The number of rotatable bonds is 8. The van der Waals surface area contributed by atoms with Gasteiger partial charge in [-0.25, -0.2) is 14.8 Å². The van der Waals surface area contributed by atoms with E-state index in [1.165, 1.54) is 0 Å². The van der Waals surface area contributed by atoms with Crippen LogP contribution in [-0.4, -0.2) is 53.2 Å². The molecule has 1 fully saturated rings. The number of aliphatic hydroxyl groups is 1. The molecule has 0 bridgehead atoms. The van der Waals surface area contributed by atoms with Gasteiger partial charge in [-0.2, -0.15) is 0 Å². The summed E-state index contributed by atoms with van der Waals surface area (Å²) in [5.41, 5.74) is 4.55. The Balaban J connectivity index is 1.25. The number of nitrogens with zero attached hydrogens (tertiary/aromatic N) is 3. The third kappa shape index (κ3) is 6.61. The summed E-state index contributed by atoms with van der Waals surface area (Å²) in [5.74, 6) is 2.63. The van der Waals surface area contributed by atoms with Crippen LogP contribution in [0.5, 0.6) is 0 Å². The predicted molar refractivity (Wildman–Crippen MR) is 170 cm³/mol. The van der Waals surface area contributed by atoms with Crippen molar-refractivity contribution in [3.8, 4) is 22.7 Å². The summed E-state index contributed by atoms with van der Waals surface area (Å²) in [6.07, 6.45) is -0.330. The van der Waals surface area contributed by atoms with E-state index in [1.807, 2.05) is 60.7 Å². The number of Topliss-reactive ketones (excluding diaryl/α,β-unsaturated/α-hetero) is 1. The third-order valence-electron chi connectivity index (χ3n) is 7.38. The van der Waals surface area contributed by atoms with Crippen molar-refractivity contribution in [2.75, 3.05) is 41.8 Å². The van der Waals surface area contributed by atoms with Crippen LogP contribution >= 0.6 is 0 Å². The molecule has 10 nitrogen and oxygen atoms in total. The molecule has 10 heteroatoms. The summed E-state index contributed by atoms with van der Waals surface area (Å²) in [6, 6.07) is 23.8. The first-order valence-corrected chi connectivity index (χ1v) is 14.5. The highest BCUT2D eigenvalue weighted by Crippen LogP contribution is 2.33. The molecule has 1 aliphatic rings. The molecule has 1 aliphatic heterocycles. The summed E-state index contributed by atoms with van der Waals surface area (Å²) in [6.45, 7) is 5.91. The van der Waals surface area contributed by atoms with Crippen molar-refractivity contribution in [3.05, 3.63) is 90.2 Å². The molecule has 2 amide bonds. The lowest BCUT2D eigenvalue weighted by Gasteiger charge is -2.29. The first kappa shape index (κ1) is 29.0. The maximum absolute atomic E-state index is 12.6. The Labute approximate surface area is 254 Å². The van der Waals surface area contributed by atoms with Crippen molar-refractivity contribution in [1.82, 2.24) is 9.97 Å². The van der Waals surface area contributed by atoms with E-state index in [0.717, 1.165) is 46.5 Å². The molecule has 0 saturated carbocycles. The maximum Gasteiger partial charge on any atom is 0.323 e. The molecule has 44 heavy (non-hydrogen) atoms. The fourth-order valence-electron chi connectivity index (χ4n) is 5.13. The molecule has 3 N–H and O–H groups in total. The number of morpholine rings is 1. The first-order valence-electron chi connectivity index (χ1n) is 14.5. The van der Waals surface area contributed by atoms with Gasteiger partial charge in [-0.1, -0.05) is 18.2 Å². The molecule has 1 saturated heterocycles. The van der Waals surface area contributed by atoms with E-state index >= 15 is 0 Å². The lowest BCUT2D eigenvalue weighted by Crippen LogP contribution is -2.37. The number of nitrogens with one attached hydrogen (secondary N) is 2. The number of carbonyl (C=O) groups excluding carboxylic acids is 2. The van der Waals surface area contributed by atoms with E-state index in [0.29, 0.717) is 48.4 Å². The van der Waals surface area contributed by atoms with E-state index in [1.54, 1.807) is 32.0 Å². The second-order valence-electron chi connectivity index (χ2n) is 10.8. The van der Waals surface area contributed by atoms with Crippen molar-refractivity contribution in [3.63, 3.8) is 0 Å². The second kappa shape index (κ2) is 12.7. The molecular weight excluding hydrogens is 558 g/mol. The van der Waals surface area contributed by atoms with Crippen LogP contribution in [0.25, 0.3) is 33.6 Å². The fourth-order valence-corrected chi connectivity index (χ4v) is 5.13. The fraction of sp³-hybridized carbons (Fsp3) is 0.235. The average molecular weight is 592 g/mol. The maximum atomic E-state index is 12.6. The van der Waals surface area contributed by atoms with Gasteiger partial charge in [0.1, 0.15) is 29.2 Å².